The maximum atomic E-state index is 5.08. The normalized spacial score (nSPS) is 11.4. The van der Waals surface area contributed by atoms with Gasteiger partial charge in [0.1, 0.15) is 5.75 Å². The van der Waals surface area contributed by atoms with Crippen molar-refractivity contribution >= 4 is 0 Å². The third-order valence-corrected chi connectivity index (χ3v) is 2.26. The van der Waals surface area contributed by atoms with Crippen LogP contribution in [0.15, 0.2) is 54.6 Å². The SMILES string of the molecule is COc1ccccc1.c1ccc2c(c1)OCO2. The molecule has 0 aromatic heterocycles. The molecule has 0 radical (unpaired) electrons. The monoisotopic (exact) mass is 230 g/mol. The topological polar surface area (TPSA) is 27.7 Å². The summed E-state index contributed by atoms with van der Waals surface area (Å²) in [5.41, 5.74) is 0. The highest BCUT2D eigenvalue weighted by Gasteiger charge is 2.09. The lowest BCUT2D eigenvalue weighted by Gasteiger charge is -1.93. The lowest BCUT2D eigenvalue weighted by atomic mass is 10.3. The Labute approximate surface area is 101 Å². The minimum Gasteiger partial charge on any atom is -0.497 e. The highest BCUT2D eigenvalue weighted by molar-refractivity contribution is 5.40. The van der Waals surface area contributed by atoms with Gasteiger partial charge in [0.15, 0.2) is 11.5 Å². The van der Waals surface area contributed by atoms with Gasteiger partial charge in [0.05, 0.1) is 7.11 Å². The molecule has 0 unspecified atom stereocenters. The van der Waals surface area contributed by atoms with Gasteiger partial charge in [-0.15, -0.1) is 0 Å². The van der Waals surface area contributed by atoms with E-state index in [1.807, 2.05) is 54.6 Å². The molecule has 2 aromatic carbocycles. The van der Waals surface area contributed by atoms with Crippen LogP contribution in [0.4, 0.5) is 0 Å². The molecule has 3 rings (SSSR count). The first-order valence-electron chi connectivity index (χ1n) is 5.34. The summed E-state index contributed by atoms with van der Waals surface area (Å²) in [6, 6.07) is 17.3. The smallest absolute Gasteiger partial charge is 0.231 e. The molecule has 0 N–H and O–H groups in total. The van der Waals surface area contributed by atoms with Crippen molar-refractivity contribution in [3.05, 3.63) is 54.6 Å². The zero-order chi connectivity index (χ0) is 11.9. The van der Waals surface area contributed by atoms with E-state index in [0.29, 0.717) is 6.79 Å². The molecule has 0 atom stereocenters. The van der Waals surface area contributed by atoms with Gasteiger partial charge in [-0.2, -0.15) is 0 Å². The molecule has 1 aliphatic rings. The predicted molar refractivity (Wildman–Crippen MR) is 65.6 cm³/mol. The maximum absolute atomic E-state index is 5.08. The van der Waals surface area contributed by atoms with E-state index in [4.69, 9.17) is 14.2 Å². The number of ether oxygens (including phenoxy) is 3. The van der Waals surface area contributed by atoms with E-state index in [2.05, 4.69) is 0 Å². The van der Waals surface area contributed by atoms with E-state index in [9.17, 15) is 0 Å². The van der Waals surface area contributed by atoms with Crippen LogP contribution >= 0.6 is 0 Å². The van der Waals surface area contributed by atoms with Crippen LogP contribution in [0.2, 0.25) is 0 Å². The molecule has 0 spiro atoms. The van der Waals surface area contributed by atoms with Gasteiger partial charge < -0.3 is 14.2 Å². The Hall–Kier alpha value is -2.16. The van der Waals surface area contributed by atoms with Gasteiger partial charge in [-0.1, -0.05) is 30.3 Å². The van der Waals surface area contributed by atoms with Gasteiger partial charge in [-0.05, 0) is 24.3 Å². The zero-order valence-electron chi connectivity index (χ0n) is 9.63. The molecular weight excluding hydrogens is 216 g/mol. The second kappa shape index (κ2) is 5.80. The van der Waals surface area contributed by atoms with Crippen molar-refractivity contribution in [2.45, 2.75) is 0 Å². The van der Waals surface area contributed by atoms with Crippen molar-refractivity contribution in [1.29, 1.82) is 0 Å². The number of hydrogen-bond acceptors (Lipinski definition) is 3. The van der Waals surface area contributed by atoms with Crippen molar-refractivity contribution in [3.8, 4) is 17.2 Å². The quantitative estimate of drug-likeness (QED) is 0.753. The van der Waals surface area contributed by atoms with E-state index in [1.165, 1.54) is 0 Å². The summed E-state index contributed by atoms with van der Waals surface area (Å²) in [4.78, 5) is 0. The molecule has 0 bridgehead atoms. The van der Waals surface area contributed by atoms with Crippen molar-refractivity contribution in [2.75, 3.05) is 13.9 Å². The first kappa shape index (κ1) is 11.3. The van der Waals surface area contributed by atoms with E-state index >= 15 is 0 Å². The summed E-state index contributed by atoms with van der Waals surface area (Å²) in [6.07, 6.45) is 0. The van der Waals surface area contributed by atoms with Crippen molar-refractivity contribution in [2.24, 2.45) is 0 Å². The average Bonchev–Trinajstić information content (AvgIpc) is 2.89. The fraction of sp³-hybridized carbons (Fsp3) is 0.143. The molecule has 3 heteroatoms. The second-order valence-corrected chi connectivity index (χ2v) is 3.37. The summed E-state index contributed by atoms with van der Waals surface area (Å²) in [5.74, 6) is 2.60. The zero-order valence-corrected chi connectivity index (χ0v) is 9.63. The molecule has 3 nitrogen and oxygen atoms in total. The van der Waals surface area contributed by atoms with Gasteiger partial charge in [0, 0.05) is 0 Å². The minimum absolute atomic E-state index is 0.360. The highest BCUT2D eigenvalue weighted by atomic mass is 16.7. The Kier molecular flexibility index (Phi) is 3.86. The van der Waals surface area contributed by atoms with Crippen LogP contribution in [0.3, 0.4) is 0 Å². The van der Waals surface area contributed by atoms with Crippen LogP contribution in [0.25, 0.3) is 0 Å². The number of para-hydroxylation sites is 3. The number of methoxy groups -OCH3 is 1. The van der Waals surface area contributed by atoms with Gasteiger partial charge in [-0.3, -0.25) is 0 Å². The van der Waals surface area contributed by atoms with Crippen LogP contribution < -0.4 is 14.2 Å². The van der Waals surface area contributed by atoms with Crippen LogP contribution in [-0.4, -0.2) is 13.9 Å². The summed E-state index contributed by atoms with van der Waals surface area (Å²) in [7, 11) is 1.66. The first-order valence-corrected chi connectivity index (χ1v) is 5.34. The van der Waals surface area contributed by atoms with Crippen LogP contribution in [0.5, 0.6) is 17.2 Å². The van der Waals surface area contributed by atoms with Crippen molar-refractivity contribution in [1.82, 2.24) is 0 Å². The summed E-state index contributed by atoms with van der Waals surface area (Å²) >= 11 is 0. The van der Waals surface area contributed by atoms with E-state index in [-0.39, 0.29) is 0 Å². The molecule has 0 saturated heterocycles. The highest BCUT2D eigenvalue weighted by Crippen LogP contribution is 2.30. The average molecular weight is 230 g/mol. The first-order chi connectivity index (χ1) is 8.40. The Morgan fingerprint density at radius 1 is 0.824 bits per heavy atom. The molecule has 0 saturated carbocycles. The number of benzene rings is 2. The van der Waals surface area contributed by atoms with Crippen molar-refractivity contribution in [3.63, 3.8) is 0 Å². The fourth-order valence-corrected chi connectivity index (χ4v) is 1.40. The third kappa shape index (κ3) is 3.14. The Bertz CT molecular complexity index is 431. The molecule has 2 aromatic rings. The third-order valence-electron chi connectivity index (χ3n) is 2.26. The number of fused-ring (bicyclic) bond motifs is 1. The number of hydrogen-bond donors (Lipinski definition) is 0. The minimum atomic E-state index is 0.360. The predicted octanol–water partition coefficient (Wildman–Crippen LogP) is 3.11. The Morgan fingerprint density at radius 2 is 1.35 bits per heavy atom. The van der Waals surface area contributed by atoms with Crippen molar-refractivity contribution < 1.29 is 14.2 Å². The standard InChI is InChI=1S/C7H6O2.C7H8O/c1-2-4-7-6(3-1)8-5-9-7;1-8-7-5-3-2-4-6-7/h1-4H,5H2;2-6H,1H3. The molecule has 1 aliphatic heterocycles. The van der Waals surface area contributed by atoms with Gasteiger partial charge >= 0.3 is 0 Å². The maximum Gasteiger partial charge on any atom is 0.231 e. The van der Waals surface area contributed by atoms with Crippen LogP contribution in [0.1, 0.15) is 0 Å². The number of rotatable bonds is 1. The summed E-state index contributed by atoms with van der Waals surface area (Å²) in [6.45, 7) is 0.360. The van der Waals surface area contributed by atoms with Gasteiger partial charge in [0.25, 0.3) is 0 Å². The summed E-state index contributed by atoms with van der Waals surface area (Å²) in [5, 5.41) is 0. The van der Waals surface area contributed by atoms with E-state index in [1.54, 1.807) is 7.11 Å². The molecular formula is C14H14O3. The molecule has 1 heterocycles. The Morgan fingerprint density at radius 3 is 1.82 bits per heavy atom. The largest absolute Gasteiger partial charge is 0.497 e. The van der Waals surface area contributed by atoms with Crippen LogP contribution in [-0.2, 0) is 0 Å². The second-order valence-electron chi connectivity index (χ2n) is 3.37. The van der Waals surface area contributed by atoms with E-state index in [0.717, 1.165) is 17.2 Å². The lowest BCUT2D eigenvalue weighted by molar-refractivity contribution is 0.174. The Balaban J connectivity index is 0.000000128. The molecule has 0 aliphatic carbocycles. The molecule has 0 fully saturated rings. The van der Waals surface area contributed by atoms with Gasteiger partial charge in [-0.25, -0.2) is 0 Å². The lowest BCUT2D eigenvalue weighted by Crippen LogP contribution is -1.92. The van der Waals surface area contributed by atoms with E-state index < -0.39 is 0 Å². The fourth-order valence-electron chi connectivity index (χ4n) is 1.40. The molecule has 17 heavy (non-hydrogen) atoms. The van der Waals surface area contributed by atoms with Gasteiger partial charge in [0.2, 0.25) is 6.79 Å². The molecule has 0 amide bonds. The summed E-state index contributed by atoms with van der Waals surface area (Å²) < 4.78 is 15.1. The van der Waals surface area contributed by atoms with Crippen LogP contribution in [0, 0.1) is 0 Å². The molecule has 88 valence electrons.